The fourth-order valence-corrected chi connectivity index (χ4v) is 2.90. The lowest BCUT2D eigenvalue weighted by Gasteiger charge is -2.28. The molecule has 1 fully saturated rings. The Morgan fingerprint density at radius 2 is 1.96 bits per heavy atom. The summed E-state index contributed by atoms with van der Waals surface area (Å²) in [6.45, 7) is 7.89. The maximum absolute atomic E-state index is 4.77. The number of nitrogens with zero attached hydrogens (tertiary/aromatic N) is 4. The molecule has 1 aliphatic heterocycles. The van der Waals surface area contributed by atoms with Crippen LogP contribution in [-0.2, 0) is 0 Å². The molecule has 0 aliphatic carbocycles. The quantitative estimate of drug-likeness (QED) is 0.685. The van der Waals surface area contributed by atoms with Crippen molar-refractivity contribution in [2.75, 3.05) is 36.4 Å². The highest BCUT2D eigenvalue weighted by Crippen LogP contribution is 2.25. The summed E-state index contributed by atoms with van der Waals surface area (Å²) in [5, 5.41) is 14.9. The number of H-pyrrole nitrogens is 1. The first-order chi connectivity index (χ1) is 11.7. The molecule has 1 saturated heterocycles. The van der Waals surface area contributed by atoms with Gasteiger partial charge in [-0.25, -0.2) is 4.98 Å². The number of nitrogens with one attached hydrogen (secondary N) is 3. The number of aryl methyl sites for hydroxylation is 1. The van der Waals surface area contributed by atoms with E-state index in [1.165, 1.54) is 0 Å². The number of piperazine rings is 1. The fourth-order valence-electron chi connectivity index (χ4n) is 2.90. The maximum atomic E-state index is 4.77. The summed E-state index contributed by atoms with van der Waals surface area (Å²) in [6.07, 6.45) is 1.82. The first kappa shape index (κ1) is 14.9. The fraction of sp³-hybridized carbons (Fsp3) is 0.353. The van der Waals surface area contributed by atoms with Gasteiger partial charge in [0.15, 0.2) is 0 Å². The van der Waals surface area contributed by atoms with Crippen LogP contribution < -0.4 is 15.5 Å². The molecular weight excluding hydrogens is 302 g/mol. The number of anilines is 3. The number of aromatic nitrogens is 4. The molecule has 1 aromatic carbocycles. The van der Waals surface area contributed by atoms with Gasteiger partial charge in [-0.05, 0) is 32.0 Å². The zero-order valence-corrected chi connectivity index (χ0v) is 13.9. The van der Waals surface area contributed by atoms with Gasteiger partial charge in [0.25, 0.3) is 0 Å². The van der Waals surface area contributed by atoms with Crippen LogP contribution in [-0.4, -0.2) is 46.3 Å². The normalized spacial score (nSPS) is 15.0. The molecule has 3 aromatic rings. The lowest BCUT2D eigenvalue weighted by molar-refractivity contribution is 0.579. The van der Waals surface area contributed by atoms with E-state index < -0.39 is 0 Å². The van der Waals surface area contributed by atoms with Gasteiger partial charge in [0.2, 0.25) is 5.95 Å². The molecule has 0 unspecified atom stereocenters. The van der Waals surface area contributed by atoms with E-state index >= 15 is 0 Å². The summed E-state index contributed by atoms with van der Waals surface area (Å²) >= 11 is 0. The number of rotatable bonds is 3. The topological polar surface area (TPSA) is 81.8 Å². The Bertz CT molecular complexity index is 865. The second kappa shape index (κ2) is 6.09. The molecule has 3 N–H and O–H groups in total. The Balaban J connectivity index is 1.66. The number of hydrogen-bond acceptors (Lipinski definition) is 6. The van der Waals surface area contributed by atoms with Gasteiger partial charge >= 0.3 is 0 Å². The number of hydrogen-bond donors (Lipinski definition) is 3. The van der Waals surface area contributed by atoms with Gasteiger partial charge in [-0.3, -0.25) is 5.10 Å². The van der Waals surface area contributed by atoms with Crippen molar-refractivity contribution in [3.63, 3.8) is 0 Å². The molecule has 0 bridgehead atoms. The Labute approximate surface area is 140 Å². The number of fused-ring (bicyclic) bond motifs is 1. The van der Waals surface area contributed by atoms with E-state index in [4.69, 9.17) is 4.98 Å². The minimum Gasteiger partial charge on any atom is -0.340 e. The van der Waals surface area contributed by atoms with E-state index in [0.717, 1.165) is 65.8 Å². The Morgan fingerprint density at radius 3 is 2.79 bits per heavy atom. The summed E-state index contributed by atoms with van der Waals surface area (Å²) < 4.78 is 0. The van der Waals surface area contributed by atoms with Gasteiger partial charge < -0.3 is 15.5 Å². The summed E-state index contributed by atoms with van der Waals surface area (Å²) in [7, 11) is 0. The number of benzene rings is 1. The van der Waals surface area contributed by atoms with E-state index in [0.29, 0.717) is 0 Å². The van der Waals surface area contributed by atoms with Gasteiger partial charge in [0.1, 0.15) is 5.82 Å². The molecule has 0 radical (unpaired) electrons. The second-order valence-corrected chi connectivity index (χ2v) is 6.12. The Morgan fingerprint density at radius 1 is 1.12 bits per heavy atom. The smallest absolute Gasteiger partial charge is 0.227 e. The van der Waals surface area contributed by atoms with Crippen LogP contribution in [0.2, 0.25) is 0 Å². The van der Waals surface area contributed by atoms with Crippen LogP contribution in [0, 0.1) is 13.8 Å². The predicted molar refractivity (Wildman–Crippen MR) is 96.0 cm³/mol. The standard InChI is InChI=1S/C17H21N7/c1-11-12(2)20-17(24-7-5-18-6-8-24)22-16(11)21-14-3-4-15-13(9-14)10-19-23-15/h3-4,9-10,18H,5-8H2,1-2H3,(H,19,23)(H,20,21,22). The Hall–Kier alpha value is -2.67. The zero-order chi connectivity index (χ0) is 16.5. The summed E-state index contributed by atoms with van der Waals surface area (Å²) in [4.78, 5) is 11.7. The van der Waals surface area contributed by atoms with Crippen molar-refractivity contribution in [3.8, 4) is 0 Å². The summed E-state index contributed by atoms with van der Waals surface area (Å²) in [5.74, 6) is 1.66. The molecule has 0 atom stereocenters. The molecule has 24 heavy (non-hydrogen) atoms. The highest BCUT2D eigenvalue weighted by molar-refractivity contribution is 5.82. The highest BCUT2D eigenvalue weighted by Gasteiger charge is 2.16. The van der Waals surface area contributed by atoms with Crippen molar-refractivity contribution in [1.82, 2.24) is 25.5 Å². The van der Waals surface area contributed by atoms with Crippen molar-refractivity contribution >= 4 is 28.4 Å². The van der Waals surface area contributed by atoms with Crippen LogP contribution in [0.15, 0.2) is 24.4 Å². The zero-order valence-electron chi connectivity index (χ0n) is 13.9. The third-order valence-corrected chi connectivity index (χ3v) is 4.48. The average molecular weight is 323 g/mol. The van der Waals surface area contributed by atoms with E-state index in [1.807, 2.05) is 25.3 Å². The van der Waals surface area contributed by atoms with Gasteiger partial charge in [-0.2, -0.15) is 10.1 Å². The number of aromatic amines is 1. The lowest BCUT2D eigenvalue weighted by Crippen LogP contribution is -2.44. The molecule has 0 amide bonds. The van der Waals surface area contributed by atoms with E-state index in [9.17, 15) is 0 Å². The molecule has 3 heterocycles. The van der Waals surface area contributed by atoms with Gasteiger partial charge in [0, 0.05) is 48.5 Å². The molecule has 4 rings (SSSR count). The summed E-state index contributed by atoms with van der Waals surface area (Å²) in [5.41, 5.74) is 4.10. The molecule has 7 nitrogen and oxygen atoms in total. The monoisotopic (exact) mass is 323 g/mol. The molecule has 0 saturated carbocycles. The third kappa shape index (κ3) is 2.78. The van der Waals surface area contributed by atoms with E-state index in [-0.39, 0.29) is 0 Å². The third-order valence-electron chi connectivity index (χ3n) is 4.48. The van der Waals surface area contributed by atoms with Gasteiger partial charge in [0.05, 0.1) is 11.7 Å². The van der Waals surface area contributed by atoms with Crippen LogP contribution in [0.1, 0.15) is 11.3 Å². The van der Waals surface area contributed by atoms with Gasteiger partial charge in [-0.1, -0.05) is 0 Å². The molecule has 2 aromatic heterocycles. The minimum atomic E-state index is 0.798. The minimum absolute atomic E-state index is 0.798. The lowest BCUT2D eigenvalue weighted by atomic mass is 10.2. The molecule has 0 spiro atoms. The average Bonchev–Trinajstić information content (AvgIpc) is 3.07. The van der Waals surface area contributed by atoms with Crippen LogP contribution in [0.3, 0.4) is 0 Å². The first-order valence-electron chi connectivity index (χ1n) is 8.22. The predicted octanol–water partition coefficient (Wildman–Crippen LogP) is 2.12. The van der Waals surface area contributed by atoms with Crippen molar-refractivity contribution in [2.45, 2.75) is 13.8 Å². The van der Waals surface area contributed by atoms with E-state index in [2.05, 4.69) is 43.7 Å². The van der Waals surface area contributed by atoms with E-state index in [1.54, 1.807) is 0 Å². The van der Waals surface area contributed by atoms with Crippen molar-refractivity contribution < 1.29 is 0 Å². The van der Waals surface area contributed by atoms with Crippen LogP contribution in [0.5, 0.6) is 0 Å². The maximum Gasteiger partial charge on any atom is 0.227 e. The molecule has 1 aliphatic rings. The van der Waals surface area contributed by atoms with Crippen molar-refractivity contribution in [3.05, 3.63) is 35.7 Å². The van der Waals surface area contributed by atoms with Crippen molar-refractivity contribution in [1.29, 1.82) is 0 Å². The molecule has 7 heteroatoms. The highest BCUT2D eigenvalue weighted by atomic mass is 15.3. The van der Waals surface area contributed by atoms with Gasteiger partial charge in [-0.15, -0.1) is 0 Å². The largest absolute Gasteiger partial charge is 0.340 e. The van der Waals surface area contributed by atoms with Crippen LogP contribution in [0.4, 0.5) is 17.5 Å². The second-order valence-electron chi connectivity index (χ2n) is 6.12. The van der Waals surface area contributed by atoms with Crippen LogP contribution in [0.25, 0.3) is 10.9 Å². The SMILES string of the molecule is Cc1nc(N2CCNCC2)nc(Nc2ccc3[nH]ncc3c2)c1C. The molecular formula is C17H21N7. The van der Waals surface area contributed by atoms with Crippen LogP contribution >= 0.6 is 0 Å². The summed E-state index contributed by atoms with van der Waals surface area (Å²) in [6, 6.07) is 6.12. The Kier molecular flexibility index (Phi) is 3.78. The first-order valence-corrected chi connectivity index (χ1v) is 8.22. The van der Waals surface area contributed by atoms with Crippen molar-refractivity contribution in [2.24, 2.45) is 0 Å². The molecule has 124 valence electrons.